The molecular weight excluding hydrogens is 849 g/mol. The van der Waals surface area contributed by atoms with Crippen LogP contribution in [0, 0.1) is 0 Å². The quantitative estimate of drug-likeness (QED) is 0.0374. The van der Waals surface area contributed by atoms with Crippen LogP contribution in [0.25, 0.3) is 27.3 Å². The maximum Gasteiger partial charge on any atom is 0.342 e. The smallest absolute Gasteiger partial charge is 0.342 e. The standard InChI is InChI=1S/C52H45N8O7/c1-57-30-36(25-33-13-4-8-18-46(33)57)53-50(63)44-28-39(29-45(55-44)51(64)54-37-26-34-14-5-9-19-47(34)58(2)31-37)66-23-11-10-15-38-32-60(56-59(38)3)22-12-24-67-52(65)35-20-21-42-43(27-35)49(62)41-17-7-6-16-40(41)48(42)61/h4-9,13-14,16-21,25-32H,10-12,15,22-24H2,1-3H3/p+2. The van der Waals surface area contributed by atoms with Crippen molar-refractivity contribution in [1.29, 1.82) is 0 Å². The summed E-state index contributed by atoms with van der Waals surface area (Å²) in [6.45, 7) is 0.960. The summed E-state index contributed by atoms with van der Waals surface area (Å²) in [7, 11) is 5.68. The molecule has 0 saturated carbocycles. The van der Waals surface area contributed by atoms with Gasteiger partial charge in [0.15, 0.2) is 24.0 Å². The summed E-state index contributed by atoms with van der Waals surface area (Å²) in [5.41, 5.74) is 10.2. The van der Waals surface area contributed by atoms with E-state index in [0.29, 0.717) is 60.7 Å². The van der Waals surface area contributed by atoms with Crippen LogP contribution < -0.4 is 24.2 Å². The van der Waals surface area contributed by atoms with E-state index in [2.05, 4.69) is 20.8 Å². The average Bonchev–Trinajstić information content (AvgIpc) is 3.69. The minimum Gasteiger partial charge on any atom is -0.493 e. The topological polar surface area (TPSA) is 174 Å². The van der Waals surface area contributed by atoms with Gasteiger partial charge in [-0.2, -0.15) is 19.1 Å². The molecule has 15 heteroatoms. The Morgan fingerprint density at radius 2 is 1.39 bits per heavy atom. The third-order valence-corrected chi connectivity index (χ3v) is 11.7. The number of aromatic amines is 1. The fourth-order valence-corrected chi connectivity index (χ4v) is 8.32. The summed E-state index contributed by atoms with van der Waals surface area (Å²) in [6.07, 6.45) is 8.22. The highest BCUT2D eigenvalue weighted by molar-refractivity contribution is 6.28. The Kier molecular flexibility index (Phi) is 12.5. The number of rotatable bonds is 15. The molecule has 9 rings (SSSR count). The number of anilines is 1. The Labute approximate surface area is 386 Å². The largest absolute Gasteiger partial charge is 0.493 e. The first kappa shape index (κ1) is 43.9. The van der Waals surface area contributed by atoms with Gasteiger partial charge in [-0.3, -0.25) is 19.5 Å². The summed E-state index contributed by atoms with van der Waals surface area (Å²) in [4.78, 5) is 60.1. The van der Waals surface area contributed by atoms with E-state index in [4.69, 9.17) is 9.47 Å². The number of unbranched alkanes of at least 4 members (excludes halogenated alkanes) is 1. The second-order valence-electron chi connectivity index (χ2n) is 16.4. The van der Waals surface area contributed by atoms with Crippen LogP contribution in [0.3, 0.4) is 0 Å². The molecule has 4 aromatic carbocycles. The molecule has 15 nitrogen and oxygen atoms in total. The Balaban J connectivity index is 0.799. The van der Waals surface area contributed by atoms with Crippen LogP contribution >= 0.6 is 0 Å². The van der Waals surface area contributed by atoms with Crippen LogP contribution in [-0.2, 0) is 23.9 Å². The van der Waals surface area contributed by atoms with Gasteiger partial charge in [-0.15, -0.1) is 0 Å². The molecule has 2 N–H and O–H groups in total. The lowest BCUT2D eigenvalue weighted by molar-refractivity contribution is -0.644. The van der Waals surface area contributed by atoms with Crippen LogP contribution in [0.5, 0.6) is 5.75 Å². The molecule has 4 heterocycles. The van der Waals surface area contributed by atoms with Crippen molar-refractivity contribution in [1.82, 2.24) is 10.0 Å². The number of hydrogen-bond acceptors (Lipinski definition) is 9. The van der Waals surface area contributed by atoms with E-state index in [1.807, 2.05) is 103 Å². The molecule has 0 saturated heterocycles. The van der Waals surface area contributed by atoms with Crippen molar-refractivity contribution < 1.29 is 47.9 Å². The monoisotopic (exact) mass is 895 g/mol. The second kappa shape index (κ2) is 19.0. The summed E-state index contributed by atoms with van der Waals surface area (Å²) in [5.74, 6) is -1.79. The molecule has 335 valence electrons. The van der Waals surface area contributed by atoms with E-state index in [-0.39, 0.29) is 46.3 Å². The van der Waals surface area contributed by atoms with Crippen molar-refractivity contribution in [3.8, 4) is 5.75 Å². The number of H-pyrrole nitrogens is 1. The van der Waals surface area contributed by atoms with Crippen LogP contribution in [0.2, 0.25) is 0 Å². The number of nitrogens with one attached hydrogen (secondary N) is 2. The van der Waals surface area contributed by atoms with Gasteiger partial charge in [-0.1, -0.05) is 48.5 Å². The van der Waals surface area contributed by atoms with Crippen molar-refractivity contribution >= 4 is 62.5 Å². The molecule has 3 aromatic heterocycles. The number of carbonyl (C=O) groups excluding carboxylic acids is 4. The Morgan fingerprint density at radius 3 is 2.15 bits per heavy atom. The van der Waals surface area contributed by atoms with E-state index in [9.17, 15) is 24.3 Å². The molecule has 0 spiro atoms. The number of aromatic nitrogens is 3. The molecule has 0 fully saturated rings. The molecular formula is C52H47N8O7+2. The van der Waals surface area contributed by atoms with E-state index < -0.39 is 17.8 Å². The third kappa shape index (κ3) is 9.58. The zero-order valence-electron chi connectivity index (χ0n) is 37.2. The van der Waals surface area contributed by atoms with E-state index in [1.54, 1.807) is 52.6 Å². The summed E-state index contributed by atoms with van der Waals surface area (Å²) >= 11 is 0. The van der Waals surface area contributed by atoms with E-state index in [0.717, 1.165) is 33.9 Å². The highest BCUT2D eigenvalue weighted by Gasteiger charge is 2.30. The molecule has 67 heavy (non-hydrogen) atoms. The van der Waals surface area contributed by atoms with Gasteiger partial charge in [-0.25, -0.2) is 4.79 Å². The van der Waals surface area contributed by atoms with Crippen molar-refractivity contribution in [2.75, 3.05) is 32.1 Å². The predicted octanol–water partition coefficient (Wildman–Crippen LogP) is 7.08. The molecule has 2 aliphatic rings. The summed E-state index contributed by atoms with van der Waals surface area (Å²) in [5, 5.41) is 22.2. The number of esters is 1. The van der Waals surface area contributed by atoms with Gasteiger partial charge < -0.3 is 30.3 Å². The van der Waals surface area contributed by atoms with Crippen molar-refractivity contribution in [3.63, 3.8) is 0 Å². The van der Waals surface area contributed by atoms with Gasteiger partial charge in [0.1, 0.15) is 31.2 Å². The number of ether oxygens (including phenoxy) is 2. The first-order valence-corrected chi connectivity index (χ1v) is 22.0. The number of benzene rings is 4. The number of para-hydroxylation sites is 2. The average molecular weight is 896 g/mol. The lowest BCUT2D eigenvalue weighted by Gasteiger charge is -2.37. The molecule has 7 aromatic rings. The van der Waals surface area contributed by atoms with Crippen molar-refractivity contribution in [2.24, 2.45) is 19.1 Å². The molecule has 1 radical (unpaired) electrons. The molecule has 1 aliphatic heterocycles. The molecule has 0 atom stereocenters. The van der Waals surface area contributed by atoms with Crippen LogP contribution in [0.4, 0.5) is 11.4 Å². The number of amides is 1. The number of pyridine rings is 3. The Hall–Kier alpha value is -8.30. The van der Waals surface area contributed by atoms with E-state index in [1.165, 1.54) is 18.2 Å². The first-order valence-electron chi connectivity index (χ1n) is 22.0. The zero-order chi connectivity index (χ0) is 46.6. The highest BCUT2D eigenvalue weighted by Crippen LogP contribution is 2.29. The molecule has 0 unspecified atom stereocenters. The maximum atomic E-state index is 13.8. The lowest BCUT2D eigenvalue weighted by Crippen LogP contribution is -2.31. The van der Waals surface area contributed by atoms with Crippen molar-refractivity contribution in [2.45, 2.75) is 25.7 Å². The fourth-order valence-electron chi connectivity index (χ4n) is 8.32. The Morgan fingerprint density at radius 1 is 0.731 bits per heavy atom. The number of allylic oxidation sites excluding steroid dienone is 1. The Bertz CT molecular complexity index is 3180. The maximum absolute atomic E-state index is 13.8. The number of carbonyl (C=O) groups is 4. The SMILES string of the molecule is CN1[N-]N(CCCOC(=O)c2ccc3c(c2)C(=O)c2ccccc2C3=O)C=C1CCCCOc1cc(C(=O)Nc2cc3ccccc3[n+](C)c2)[nH+]c(C([O])=Nc2cc3ccccc3[n+](C)c2)c1. The molecule has 1 aliphatic carbocycles. The number of nitrogens with zero attached hydrogens (tertiary/aromatic N) is 6. The number of ketones is 2. The molecule has 1 amide bonds. The number of fused-ring (bicyclic) bond motifs is 4. The van der Waals surface area contributed by atoms with Gasteiger partial charge in [0.2, 0.25) is 11.0 Å². The van der Waals surface area contributed by atoms with E-state index >= 15 is 0 Å². The third-order valence-electron chi connectivity index (χ3n) is 11.7. The van der Waals surface area contributed by atoms with Gasteiger partial charge in [0.05, 0.1) is 30.9 Å². The van der Waals surface area contributed by atoms with Crippen LogP contribution in [-0.4, -0.2) is 66.2 Å². The van der Waals surface area contributed by atoms with Gasteiger partial charge in [-0.05, 0) is 75.2 Å². The number of hydrogen-bond donors (Lipinski definition) is 1. The van der Waals surface area contributed by atoms with Crippen molar-refractivity contribution in [3.05, 3.63) is 184 Å². The highest BCUT2D eigenvalue weighted by atomic mass is 16.5. The molecule has 0 bridgehead atoms. The van der Waals surface area contributed by atoms with Crippen LogP contribution in [0.15, 0.2) is 145 Å². The van der Waals surface area contributed by atoms with Crippen LogP contribution in [0.1, 0.15) is 84.1 Å². The number of aliphatic imine (C=N–C) groups is 1. The fraction of sp³-hybridized carbons (Fsp3) is 0.192. The lowest BCUT2D eigenvalue weighted by atomic mass is 9.83. The van der Waals surface area contributed by atoms with Gasteiger partial charge >= 0.3 is 17.8 Å². The zero-order valence-corrected chi connectivity index (χ0v) is 37.2. The second-order valence-corrected chi connectivity index (χ2v) is 16.4. The summed E-state index contributed by atoms with van der Waals surface area (Å²) in [6, 6.07) is 33.7. The minimum atomic E-state index is -0.577. The van der Waals surface area contributed by atoms with Gasteiger partial charge in [0.25, 0.3) is 11.4 Å². The predicted molar refractivity (Wildman–Crippen MR) is 248 cm³/mol. The summed E-state index contributed by atoms with van der Waals surface area (Å²) < 4.78 is 15.5. The first-order chi connectivity index (χ1) is 32.5. The number of aryl methyl sites for hydroxylation is 2. The van der Waals surface area contributed by atoms with Gasteiger partial charge in [0, 0.05) is 63.6 Å². The normalized spacial score (nSPS) is 13.4. The minimum absolute atomic E-state index is 0.0935.